The maximum absolute atomic E-state index is 11.9. The molecule has 2 N–H and O–H groups in total. The van der Waals surface area contributed by atoms with Crippen molar-refractivity contribution in [3.63, 3.8) is 0 Å². The number of nitrogens with one attached hydrogen (secondary N) is 1. The van der Waals surface area contributed by atoms with Crippen molar-refractivity contribution in [2.45, 2.75) is 19.9 Å². The summed E-state index contributed by atoms with van der Waals surface area (Å²) in [5, 5.41) is 12.5. The smallest absolute Gasteiger partial charge is 0.326 e. The summed E-state index contributed by atoms with van der Waals surface area (Å²) in [7, 11) is 0. The van der Waals surface area contributed by atoms with Crippen molar-refractivity contribution in [1.82, 2.24) is 10.3 Å². The van der Waals surface area contributed by atoms with Crippen LogP contribution in [0.5, 0.6) is 0 Å². The number of para-hydroxylation sites is 1. The fourth-order valence-electron chi connectivity index (χ4n) is 2.14. The number of carbonyl (C=O) groups excluding carboxylic acids is 1. The number of aromatic nitrogens is 1. The standard InChI is InChI=1S/C17H18N2O3/c1-11(2)15(17(21)22)19-14(20)9-8-13-6-3-5-12-7-4-10-18-16(12)13/h3-11,15H,1-2H3,(H,19,20)(H,21,22)/b9-8+/t15-/m0/s1. The van der Waals surface area contributed by atoms with E-state index in [1.54, 1.807) is 26.1 Å². The zero-order valence-electron chi connectivity index (χ0n) is 12.5. The molecule has 1 aromatic carbocycles. The van der Waals surface area contributed by atoms with Gasteiger partial charge in [-0.15, -0.1) is 0 Å². The van der Waals surface area contributed by atoms with Crippen LogP contribution in [0.4, 0.5) is 0 Å². The summed E-state index contributed by atoms with van der Waals surface area (Å²) in [6, 6.07) is 8.58. The Morgan fingerprint density at radius 3 is 2.64 bits per heavy atom. The van der Waals surface area contributed by atoms with Gasteiger partial charge in [0.25, 0.3) is 0 Å². The van der Waals surface area contributed by atoms with Gasteiger partial charge in [0.15, 0.2) is 0 Å². The molecular weight excluding hydrogens is 280 g/mol. The van der Waals surface area contributed by atoms with Crippen molar-refractivity contribution >= 4 is 28.9 Å². The second-order valence-corrected chi connectivity index (χ2v) is 5.32. The molecule has 0 aliphatic heterocycles. The minimum Gasteiger partial charge on any atom is -0.480 e. The lowest BCUT2D eigenvalue weighted by atomic mass is 10.0. The lowest BCUT2D eigenvalue weighted by Crippen LogP contribution is -2.43. The molecule has 0 radical (unpaired) electrons. The van der Waals surface area contributed by atoms with Crippen LogP contribution in [0, 0.1) is 5.92 Å². The Kier molecular flexibility index (Phi) is 4.88. The first kappa shape index (κ1) is 15.7. The quantitative estimate of drug-likeness (QED) is 0.831. The first-order valence-corrected chi connectivity index (χ1v) is 7.04. The van der Waals surface area contributed by atoms with E-state index >= 15 is 0 Å². The van der Waals surface area contributed by atoms with Crippen molar-refractivity contribution in [3.8, 4) is 0 Å². The number of pyridine rings is 1. The second-order valence-electron chi connectivity index (χ2n) is 5.32. The van der Waals surface area contributed by atoms with E-state index in [9.17, 15) is 9.59 Å². The lowest BCUT2D eigenvalue weighted by Gasteiger charge is -2.16. The van der Waals surface area contributed by atoms with E-state index in [1.807, 2.05) is 30.3 Å². The Hall–Kier alpha value is -2.69. The molecule has 1 aromatic heterocycles. The van der Waals surface area contributed by atoms with E-state index in [-0.39, 0.29) is 5.92 Å². The summed E-state index contributed by atoms with van der Waals surface area (Å²) in [5.74, 6) is -1.66. The first-order valence-electron chi connectivity index (χ1n) is 7.04. The third kappa shape index (κ3) is 3.69. The van der Waals surface area contributed by atoms with Gasteiger partial charge in [-0.2, -0.15) is 0 Å². The van der Waals surface area contributed by atoms with Crippen LogP contribution in [0.1, 0.15) is 19.4 Å². The zero-order valence-corrected chi connectivity index (χ0v) is 12.5. The second kappa shape index (κ2) is 6.85. The van der Waals surface area contributed by atoms with Crippen LogP contribution < -0.4 is 5.32 Å². The van der Waals surface area contributed by atoms with Gasteiger partial charge in [-0.25, -0.2) is 4.79 Å². The molecule has 0 spiro atoms. The van der Waals surface area contributed by atoms with Gasteiger partial charge in [0.05, 0.1) is 5.52 Å². The monoisotopic (exact) mass is 298 g/mol. The molecule has 0 unspecified atom stereocenters. The number of carbonyl (C=O) groups is 2. The highest BCUT2D eigenvalue weighted by Crippen LogP contribution is 2.17. The van der Waals surface area contributed by atoms with E-state index in [1.165, 1.54) is 6.08 Å². The summed E-state index contributed by atoms with van der Waals surface area (Å²) in [6.07, 6.45) is 4.67. The van der Waals surface area contributed by atoms with Crippen molar-refractivity contribution in [2.75, 3.05) is 0 Å². The molecule has 2 aromatic rings. The molecule has 22 heavy (non-hydrogen) atoms. The van der Waals surface area contributed by atoms with Crippen LogP contribution >= 0.6 is 0 Å². The normalized spacial score (nSPS) is 12.7. The van der Waals surface area contributed by atoms with Crippen molar-refractivity contribution in [2.24, 2.45) is 5.92 Å². The summed E-state index contributed by atoms with van der Waals surface area (Å²) in [5.41, 5.74) is 1.61. The molecule has 0 fully saturated rings. The molecule has 1 heterocycles. The highest BCUT2D eigenvalue weighted by molar-refractivity contribution is 5.97. The van der Waals surface area contributed by atoms with Gasteiger partial charge in [0, 0.05) is 23.2 Å². The number of carboxylic acids is 1. The van der Waals surface area contributed by atoms with Crippen LogP contribution in [0.2, 0.25) is 0 Å². The molecule has 0 bridgehead atoms. The number of carboxylic acid groups (broad SMARTS) is 1. The fourth-order valence-corrected chi connectivity index (χ4v) is 2.14. The predicted molar refractivity (Wildman–Crippen MR) is 85.2 cm³/mol. The minimum absolute atomic E-state index is 0.186. The van der Waals surface area contributed by atoms with Crippen LogP contribution in [0.15, 0.2) is 42.6 Å². The number of aliphatic carboxylic acids is 1. The zero-order chi connectivity index (χ0) is 16.1. The lowest BCUT2D eigenvalue weighted by molar-refractivity contribution is -0.142. The number of hydrogen-bond donors (Lipinski definition) is 2. The highest BCUT2D eigenvalue weighted by Gasteiger charge is 2.22. The number of fused-ring (bicyclic) bond motifs is 1. The Bertz CT molecular complexity index is 717. The first-order chi connectivity index (χ1) is 10.5. The SMILES string of the molecule is CC(C)[C@H](NC(=O)/C=C/c1cccc2cccnc12)C(=O)O. The van der Waals surface area contributed by atoms with Crippen LogP contribution in [0.25, 0.3) is 17.0 Å². The summed E-state index contributed by atoms with van der Waals surface area (Å²) in [6.45, 7) is 3.49. The average Bonchev–Trinajstić information content (AvgIpc) is 2.49. The highest BCUT2D eigenvalue weighted by atomic mass is 16.4. The Labute approximate surface area is 128 Å². The van der Waals surface area contributed by atoms with Crippen molar-refractivity contribution < 1.29 is 14.7 Å². The third-order valence-electron chi connectivity index (χ3n) is 3.31. The van der Waals surface area contributed by atoms with Gasteiger partial charge in [0.2, 0.25) is 5.91 Å². The minimum atomic E-state index is -1.04. The molecule has 114 valence electrons. The third-order valence-corrected chi connectivity index (χ3v) is 3.31. The maximum atomic E-state index is 11.9. The van der Waals surface area contributed by atoms with Gasteiger partial charge in [0.1, 0.15) is 6.04 Å². The van der Waals surface area contributed by atoms with Gasteiger partial charge < -0.3 is 10.4 Å². The van der Waals surface area contributed by atoms with Gasteiger partial charge >= 0.3 is 5.97 Å². The topological polar surface area (TPSA) is 79.3 Å². The van der Waals surface area contributed by atoms with E-state index in [2.05, 4.69) is 10.3 Å². The average molecular weight is 298 g/mol. The molecule has 1 amide bonds. The number of amides is 1. The number of rotatable bonds is 5. The van der Waals surface area contributed by atoms with Gasteiger partial charge in [-0.1, -0.05) is 38.1 Å². The number of nitrogens with zero attached hydrogens (tertiary/aromatic N) is 1. The molecule has 5 heteroatoms. The summed E-state index contributed by atoms with van der Waals surface area (Å²) >= 11 is 0. The van der Waals surface area contributed by atoms with Crippen LogP contribution in [0.3, 0.4) is 0 Å². The molecule has 5 nitrogen and oxygen atoms in total. The number of hydrogen-bond acceptors (Lipinski definition) is 3. The molecule has 0 aliphatic carbocycles. The van der Waals surface area contributed by atoms with Crippen LogP contribution in [-0.2, 0) is 9.59 Å². The fraction of sp³-hybridized carbons (Fsp3) is 0.235. The Morgan fingerprint density at radius 2 is 1.95 bits per heavy atom. The Morgan fingerprint density at radius 1 is 1.23 bits per heavy atom. The van der Waals surface area contributed by atoms with Gasteiger partial charge in [-0.05, 0) is 18.1 Å². The molecule has 2 rings (SSSR count). The Balaban J connectivity index is 2.17. The number of benzene rings is 1. The summed E-state index contributed by atoms with van der Waals surface area (Å²) < 4.78 is 0. The maximum Gasteiger partial charge on any atom is 0.326 e. The molecular formula is C17H18N2O3. The van der Waals surface area contributed by atoms with Crippen molar-refractivity contribution in [3.05, 3.63) is 48.2 Å². The molecule has 0 aliphatic rings. The molecule has 0 saturated heterocycles. The van der Waals surface area contributed by atoms with Gasteiger partial charge in [-0.3, -0.25) is 9.78 Å². The van der Waals surface area contributed by atoms with Crippen LogP contribution in [-0.4, -0.2) is 28.0 Å². The molecule has 0 saturated carbocycles. The van der Waals surface area contributed by atoms with E-state index in [4.69, 9.17) is 5.11 Å². The predicted octanol–water partition coefficient (Wildman–Crippen LogP) is 2.47. The van der Waals surface area contributed by atoms with E-state index in [0.29, 0.717) is 0 Å². The van der Waals surface area contributed by atoms with E-state index in [0.717, 1.165) is 16.5 Å². The van der Waals surface area contributed by atoms with E-state index < -0.39 is 17.9 Å². The largest absolute Gasteiger partial charge is 0.480 e. The van der Waals surface area contributed by atoms with Crippen molar-refractivity contribution in [1.29, 1.82) is 0 Å². The summed E-state index contributed by atoms with van der Waals surface area (Å²) in [4.78, 5) is 27.3. The molecule has 1 atom stereocenters.